The second-order valence-electron chi connectivity index (χ2n) is 3.01. The van der Waals surface area contributed by atoms with Crippen molar-refractivity contribution in [3.63, 3.8) is 0 Å². The summed E-state index contributed by atoms with van der Waals surface area (Å²) >= 11 is 0. The minimum absolute atomic E-state index is 0.0593. The van der Waals surface area contributed by atoms with Crippen LogP contribution < -0.4 is 0 Å². The van der Waals surface area contributed by atoms with Gasteiger partial charge in [0.1, 0.15) is 12.2 Å². The number of Topliss-reactive ketones (excluding diaryl/α,β-unsaturated/α-hetero) is 1. The van der Waals surface area contributed by atoms with Crippen LogP contribution in [-0.2, 0) is 19.1 Å². The van der Waals surface area contributed by atoms with Gasteiger partial charge >= 0.3 is 5.97 Å². The molecule has 0 aromatic carbocycles. The molecule has 0 aliphatic carbocycles. The maximum atomic E-state index is 11.3. The fraction of sp³-hybridized carbons (Fsp3) is 0.778. The quantitative estimate of drug-likeness (QED) is 0.475. The smallest absolute Gasteiger partial charge is 0.313 e. The molecule has 0 aromatic heterocycles. The molecule has 1 atom stereocenters. The van der Waals surface area contributed by atoms with Gasteiger partial charge in [-0.1, -0.05) is 0 Å². The van der Waals surface area contributed by atoms with E-state index in [4.69, 9.17) is 4.74 Å². The molecule has 0 spiro atoms. The molecule has 1 fully saturated rings. The Balaban J connectivity index is 2.27. The average molecular weight is 186 g/mol. The van der Waals surface area contributed by atoms with E-state index in [1.165, 1.54) is 0 Å². The second-order valence-corrected chi connectivity index (χ2v) is 3.01. The molecule has 4 nitrogen and oxygen atoms in total. The van der Waals surface area contributed by atoms with Crippen molar-refractivity contribution in [1.82, 2.24) is 0 Å². The van der Waals surface area contributed by atoms with Gasteiger partial charge in [-0.2, -0.15) is 0 Å². The van der Waals surface area contributed by atoms with Gasteiger partial charge in [0.15, 0.2) is 0 Å². The fourth-order valence-corrected chi connectivity index (χ4v) is 1.29. The summed E-state index contributed by atoms with van der Waals surface area (Å²) < 4.78 is 9.72. The number of rotatable bonds is 4. The Morgan fingerprint density at radius 2 is 2.31 bits per heavy atom. The van der Waals surface area contributed by atoms with Crippen LogP contribution >= 0.6 is 0 Å². The summed E-state index contributed by atoms with van der Waals surface area (Å²) in [6.45, 7) is 3.13. The molecule has 0 amide bonds. The molecule has 0 N–H and O–H groups in total. The van der Waals surface area contributed by atoms with Crippen molar-refractivity contribution in [2.24, 2.45) is 5.92 Å². The lowest BCUT2D eigenvalue weighted by Crippen LogP contribution is -2.19. The molecule has 0 unspecified atom stereocenters. The van der Waals surface area contributed by atoms with E-state index in [2.05, 4.69) is 4.74 Å². The van der Waals surface area contributed by atoms with E-state index in [0.717, 1.165) is 6.42 Å². The summed E-state index contributed by atoms with van der Waals surface area (Å²) in [5, 5.41) is 0. The maximum absolute atomic E-state index is 11.3. The molecule has 74 valence electrons. The highest BCUT2D eigenvalue weighted by atomic mass is 16.5. The minimum atomic E-state index is -0.431. The summed E-state index contributed by atoms with van der Waals surface area (Å²) in [6.07, 6.45) is 0.625. The lowest BCUT2D eigenvalue weighted by Gasteiger charge is -2.05. The Morgan fingerprint density at radius 3 is 2.85 bits per heavy atom. The third kappa shape index (κ3) is 3.14. The Kier molecular flexibility index (Phi) is 3.89. The second kappa shape index (κ2) is 4.97. The van der Waals surface area contributed by atoms with E-state index < -0.39 is 5.97 Å². The zero-order chi connectivity index (χ0) is 9.68. The molecular formula is C9H14O4. The summed E-state index contributed by atoms with van der Waals surface area (Å²) in [6, 6.07) is 0. The zero-order valence-corrected chi connectivity index (χ0v) is 7.75. The van der Waals surface area contributed by atoms with E-state index in [-0.39, 0.29) is 18.1 Å². The molecule has 0 radical (unpaired) electrons. The molecule has 4 heteroatoms. The van der Waals surface area contributed by atoms with Crippen LogP contribution in [-0.4, -0.2) is 31.6 Å². The molecule has 1 saturated heterocycles. The van der Waals surface area contributed by atoms with Crippen molar-refractivity contribution < 1.29 is 19.1 Å². The van der Waals surface area contributed by atoms with E-state index in [0.29, 0.717) is 19.8 Å². The van der Waals surface area contributed by atoms with Crippen LogP contribution in [0, 0.1) is 5.92 Å². The monoisotopic (exact) mass is 186 g/mol. The van der Waals surface area contributed by atoms with E-state index in [1.807, 2.05) is 0 Å². The van der Waals surface area contributed by atoms with Gasteiger partial charge in [0.25, 0.3) is 0 Å². The van der Waals surface area contributed by atoms with Gasteiger partial charge in [-0.25, -0.2) is 0 Å². The van der Waals surface area contributed by atoms with E-state index in [1.54, 1.807) is 6.92 Å². The standard InChI is InChI=1S/C9H14O4/c1-2-13-9(11)5-8(10)7-3-4-12-6-7/h7H,2-6H2,1H3/t7-/m0/s1. The zero-order valence-electron chi connectivity index (χ0n) is 7.75. The lowest BCUT2D eigenvalue weighted by atomic mass is 10.0. The molecule has 1 aliphatic rings. The predicted molar refractivity (Wildman–Crippen MR) is 45.2 cm³/mol. The number of hydrogen-bond acceptors (Lipinski definition) is 4. The fourth-order valence-electron chi connectivity index (χ4n) is 1.29. The van der Waals surface area contributed by atoms with Crippen LogP contribution in [0.5, 0.6) is 0 Å². The highest BCUT2D eigenvalue weighted by molar-refractivity contribution is 5.96. The summed E-state index contributed by atoms with van der Waals surface area (Å²) in [7, 11) is 0. The van der Waals surface area contributed by atoms with Crippen LogP contribution in [0.4, 0.5) is 0 Å². The largest absolute Gasteiger partial charge is 0.466 e. The number of ketones is 1. The van der Waals surface area contributed by atoms with Crippen LogP contribution in [0.25, 0.3) is 0 Å². The summed E-state index contributed by atoms with van der Waals surface area (Å²) in [5.74, 6) is -0.584. The lowest BCUT2D eigenvalue weighted by molar-refractivity contribution is -0.146. The first-order chi connectivity index (χ1) is 6.24. The molecule has 0 bridgehead atoms. The molecular weight excluding hydrogens is 172 g/mol. The average Bonchev–Trinajstić information content (AvgIpc) is 2.55. The van der Waals surface area contributed by atoms with Crippen molar-refractivity contribution in [2.75, 3.05) is 19.8 Å². The summed E-state index contributed by atoms with van der Waals surface area (Å²) in [4.78, 5) is 22.3. The highest BCUT2D eigenvalue weighted by Gasteiger charge is 2.25. The predicted octanol–water partition coefficient (Wildman–Crippen LogP) is 0.545. The van der Waals surface area contributed by atoms with Gasteiger partial charge in [-0.15, -0.1) is 0 Å². The Morgan fingerprint density at radius 1 is 1.54 bits per heavy atom. The van der Waals surface area contributed by atoms with Crippen LogP contribution in [0.3, 0.4) is 0 Å². The highest BCUT2D eigenvalue weighted by Crippen LogP contribution is 2.15. The Labute approximate surface area is 77.2 Å². The topological polar surface area (TPSA) is 52.6 Å². The number of esters is 1. The first-order valence-electron chi connectivity index (χ1n) is 4.50. The number of ether oxygens (including phenoxy) is 2. The normalized spacial score (nSPS) is 21.5. The molecule has 1 heterocycles. The van der Waals surface area contributed by atoms with Crippen molar-refractivity contribution >= 4 is 11.8 Å². The van der Waals surface area contributed by atoms with Gasteiger partial charge in [0.2, 0.25) is 0 Å². The first-order valence-corrected chi connectivity index (χ1v) is 4.50. The van der Waals surface area contributed by atoms with Crippen molar-refractivity contribution in [1.29, 1.82) is 0 Å². The number of carbonyl (C=O) groups excluding carboxylic acids is 2. The van der Waals surface area contributed by atoms with Gasteiger partial charge in [0, 0.05) is 12.5 Å². The van der Waals surface area contributed by atoms with Crippen LogP contribution in [0.1, 0.15) is 19.8 Å². The summed E-state index contributed by atoms with van der Waals surface area (Å²) in [5.41, 5.74) is 0. The third-order valence-corrected chi connectivity index (χ3v) is 2.01. The van der Waals surface area contributed by atoms with Gasteiger partial charge in [-0.05, 0) is 13.3 Å². The molecule has 13 heavy (non-hydrogen) atoms. The minimum Gasteiger partial charge on any atom is -0.466 e. The van der Waals surface area contributed by atoms with Crippen molar-refractivity contribution in [2.45, 2.75) is 19.8 Å². The van der Waals surface area contributed by atoms with E-state index >= 15 is 0 Å². The van der Waals surface area contributed by atoms with Gasteiger partial charge in [-0.3, -0.25) is 9.59 Å². The Bertz CT molecular complexity index is 194. The Hall–Kier alpha value is -0.900. The van der Waals surface area contributed by atoms with Crippen molar-refractivity contribution in [3.8, 4) is 0 Å². The van der Waals surface area contributed by atoms with Crippen LogP contribution in [0.2, 0.25) is 0 Å². The molecule has 1 rings (SSSR count). The van der Waals surface area contributed by atoms with E-state index in [9.17, 15) is 9.59 Å². The van der Waals surface area contributed by atoms with Crippen LogP contribution in [0.15, 0.2) is 0 Å². The molecule has 1 aliphatic heterocycles. The van der Waals surface area contributed by atoms with Crippen molar-refractivity contribution in [3.05, 3.63) is 0 Å². The molecule has 0 aromatic rings. The number of carbonyl (C=O) groups is 2. The van der Waals surface area contributed by atoms with Gasteiger partial charge in [0.05, 0.1) is 13.2 Å². The number of hydrogen-bond donors (Lipinski definition) is 0. The molecule has 0 saturated carbocycles. The maximum Gasteiger partial charge on any atom is 0.313 e. The third-order valence-electron chi connectivity index (χ3n) is 2.01. The first kappa shape index (κ1) is 10.2. The SMILES string of the molecule is CCOC(=O)CC(=O)[C@H]1CCOC1. The van der Waals surface area contributed by atoms with Gasteiger partial charge < -0.3 is 9.47 Å².